The zero-order chi connectivity index (χ0) is 43.3. The highest BCUT2D eigenvalue weighted by molar-refractivity contribution is 5.86. The molecule has 19 atom stereocenters. The number of esters is 1. The summed E-state index contributed by atoms with van der Waals surface area (Å²) in [5.41, 5.74) is -1.17. The molecule has 3 N–H and O–H groups in total. The molecule has 0 aromatic rings. The number of fused-ring (bicyclic) bond motifs is 10. The molecule has 61 heavy (non-hydrogen) atoms. The van der Waals surface area contributed by atoms with Crippen molar-refractivity contribution in [3.05, 3.63) is 23.8 Å². The Kier molecular flexibility index (Phi) is 11.6. The number of ketones is 1. The number of ether oxygens (including phenoxy) is 9. The zero-order valence-electron chi connectivity index (χ0n) is 37.2. The van der Waals surface area contributed by atoms with Crippen LogP contribution in [-0.2, 0) is 52.2 Å². The quantitative estimate of drug-likeness (QED) is 0.291. The lowest BCUT2D eigenvalue weighted by molar-refractivity contribution is -0.359. The van der Waals surface area contributed by atoms with E-state index in [2.05, 4.69) is 26.8 Å². The van der Waals surface area contributed by atoms with Gasteiger partial charge in [-0.05, 0) is 97.8 Å². The van der Waals surface area contributed by atoms with Crippen LogP contribution in [0.4, 0.5) is 0 Å². The maximum Gasteiger partial charge on any atom is 0.311 e. The Balaban J connectivity index is 1.00. The predicted molar refractivity (Wildman–Crippen MR) is 218 cm³/mol. The second-order valence-corrected chi connectivity index (χ2v) is 21.3. The van der Waals surface area contributed by atoms with Crippen molar-refractivity contribution in [2.45, 2.75) is 234 Å². The zero-order valence-corrected chi connectivity index (χ0v) is 37.2. The minimum atomic E-state index is -1.95. The summed E-state index contributed by atoms with van der Waals surface area (Å²) < 4.78 is 59.0. The van der Waals surface area contributed by atoms with E-state index in [0.29, 0.717) is 44.9 Å². The summed E-state index contributed by atoms with van der Waals surface area (Å²) in [6.07, 6.45) is 6.36. The van der Waals surface area contributed by atoms with Crippen LogP contribution in [-0.4, -0.2) is 129 Å². The van der Waals surface area contributed by atoms with Crippen molar-refractivity contribution in [1.29, 1.82) is 0 Å². The van der Waals surface area contributed by atoms with Crippen LogP contribution in [0.5, 0.6) is 0 Å². The number of carbonyl (C=O) groups is 2. The second kappa shape index (κ2) is 16.0. The number of rotatable bonds is 1. The van der Waals surface area contributed by atoms with E-state index in [1.54, 1.807) is 13.8 Å². The molecule has 8 saturated heterocycles. The molecular formula is C47H70O14. The molecule has 0 saturated carbocycles. The molecule has 9 rings (SSSR count). The van der Waals surface area contributed by atoms with E-state index in [-0.39, 0.29) is 43.2 Å². The van der Waals surface area contributed by atoms with Crippen LogP contribution in [0.15, 0.2) is 23.8 Å². The van der Waals surface area contributed by atoms with E-state index in [0.717, 1.165) is 37.7 Å². The smallest absolute Gasteiger partial charge is 0.311 e. The minimum absolute atomic E-state index is 0.0222. The van der Waals surface area contributed by atoms with Gasteiger partial charge in [-0.1, -0.05) is 37.6 Å². The third-order valence-electron chi connectivity index (χ3n) is 15.9. The Hall–Kier alpha value is -1.82. The van der Waals surface area contributed by atoms with E-state index in [1.807, 2.05) is 26.0 Å². The van der Waals surface area contributed by atoms with Gasteiger partial charge in [-0.15, -0.1) is 0 Å². The van der Waals surface area contributed by atoms with Gasteiger partial charge < -0.3 is 58.0 Å². The molecule has 342 valence electrons. The largest absolute Gasteiger partial charge is 0.459 e. The molecule has 0 aromatic heterocycles. The van der Waals surface area contributed by atoms with Crippen molar-refractivity contribution >= 4 is 11.8 Å². The molecule has 0 aromatic carbocycles. The van der Waals surface area contributed by atoms with Crippen LogP contribution in [0.25, 0.3) is 0 Å². The number of hydrogen-bond donors (Lipinski definition) is 3. The van der Waals surface area contributed by atoms with Crippen LogP contribution in [0.3, 0.4) is 0 Å². The summed E-state index contributed by atoms with van der Waals surface area (Å²) >= 11 is 0. The third-order valence-corrected chi connectivity index (χ3v) is 15.9. The highest BCUT2D eigenvalue weighted by Crippen LogP contribution is 2.55. The predicted octanol–water partition coefficient (Wildman–Crippen LogP) is 5.25. The molecule has 0 amide bonds. The molecule has 2 spiro atoms. The van der Waals surface area contributed by atoms with Gasteiger partial charge in [0.15, 0.2) is 17.4 Å². The first-order chi connectivity index (χ1) is 28.7. The average molecular weight is 859 g/mol. The van der Waals surface area contributed by atoms with Gasteiger partial charge in [0.05, 0.1) is 42.0 Å². The Morgan fingerprint density at radius 3 is 2.34 bits per heavy atom. The van der Waals surface area contributed by atoms with E-state index >= 15 is 0 Å². The Morgan fingerprint density at radius 1 is 0.754 bits per heavy atom. The van der Waals surface area contributed by atoms with Gasteiger partial charge in [0.25, 0.3) is 0 Å². The van der Waals surface area contributed by atoms with E-state index in [4.69, 9.17) is 42.6 Å². The summed E-state index contributed by atoms with van der Waals surface area (Å²) in [7, 11) is 0. The first-order valence-corrected chi connectivity index (χ1v) is 23.3. The summed E-state index contributed by atoms with van der Waals surface area (Å²) in [5, 5.41) is 34.8. The summed E-state index contributed by atoms with van der Waals surface area (Å²) in [4.78, 5) is 28.0. The molecule has 8 fully saturated rings. The minimum Gasteiger partial charge on any atom is -0.459 e. The third kappa shape index (κ3) is 8.14. The molecule has 3 unspecified atom stereocenters. The normalized spacial score (nSPS) is 55.7. The van der Waals surface area contributed by atoms with Crippen molar-refractivity contribution < 1.29 is 67.5 Å². The van der Waals surface area contributed by atoms with Crippen LogP contribution < -0.4 is 0 Å². The number of allylic oxidation sites excluding steroid dienone is 3. The van der Waals surface area contributed by atoms with E-state index < -0.39 is 101 Å². The highest BCUT2D eigenvalue weighted by atomic mass is 16.8. The van der Waals surface area contributed by atoms with Gasteiger partial charge in [-0.3, -0.25) is 9.59 Å². The van der Waals surface area contributed by atoms with Crippen molar-refractivity contribution in [3.8, 4) is 0 Å². The molecule has 9 aliphatic heterocycles. The highest BCUT2D eigenvalue weighted by Gasteiger charge is 2.65. The maximum absolute atomic E-state index is 14.1. The number of carbonyl (C=O) groups excluding carboxylic acids is 2. The van der Waals surface area contributed by atoms with Crippen molar-refractivity contribution in [1.82, 2.24) is 0 Å². The lowest BCUT2D eigenvalue weighted by Gasteiger charge is -2.47. The van der Waals surface area contributed by atoms with Crippen LogP contribution in [0.1, 0.15) is 138 Å². The fourth-order valence-corrected chi connectivity index (χ4v) is 12.5. The number of hydrogen-bond acceptors (Lipinski definition) is 14. The van der Waals surface area contributed by atoms with Crippen LogP contribution >= 0.6 is 0 Å². The lowest BCUT2D eigenvalue weighted by Crippen LogP contribution is -2.59. The van der Waals surface area contributed by atoms with Gasteiger partial charge >= 0.3 is 5.97 Å². The first kappa shape index (κ1) is 44.4. The molecular weight excluding hydrogens is 789 g/mol. The van der Waals surface area contributed by atoms with Gasteiger partial charge in [-0.2, -0.15) is 0 Å². The number of aliphatic hydroxyl groups excluding tert-OH is 2. The standard InChI is InChI=1S/C47H70O14/c1-26-10-11-32-34(22-37(54-32)47(52)39(49)28(3)14-20-53-47)55-41(51)29(4)31-9-8-15-45(56-31)17-12-33(57-45)40(50)44(7)24-30(48)38(60-44)35-25-43(6)18-19-46(58-35,61-43)36-13-16-42(5,59-36)23-27(2)21-26/h10-11,21,27-29,31-40,49-50,52H,8-9,12-20,22-25H2,1-7H3/b11-10+,26-21-/t27-,28+,29+,31-,32?,33-,34+,35+,36+,37?,38?,39+,40-,42+,43-,44+,45-,46-,47+/m1/s1. The topological polar surface area (TPSA) is 178 Å². The fourth-order valence-electron chi connectivity index (χ4n) is 12.5. The SMILES string of the molecule is CC1=C/[C@@H](C)C[C@]2(C)CC[C@H](O2)[C@]23CC[C@](C)(C[C@H](O2)C2O[C@@](C)(CC2=O)[C@H](O)[C@H]2CC[C@@]4(CCC[C@@H](O4)[C@H](C)C(=O)O[C@H]4CC([C@]5(O)OCC[C@H](C)[C@@H]5O)OC4\C=C\1)O2)O3. The molecule has 10 bridgehead atoms. The summed E-state index contributed by atoms with van der Waals surface area (Å²) in [5.74, 6) is -5.28. The van der Waals surface area contributed by atoms with Crippen molar-refractivity contribution in [3.63, 3.8) is 0 Å². The summed E-state index contributed by atoms with van der Waals surface area (Å²) in [6.45, 7) is 14.1. The van der Waals surface area contributed by atoms with Gasteiger partial charge in [0.1, 0.15) is 48.3 Å². The van der Waals surface area contributed by atoms with E-state index in [1.165, 1.54) is 0 Å². The maximum atomic E-state index is 14.1. The van der Waals surface area contributed by atoms with Gasteiger partial charge in [0.2, 0.25) is 5.79 Å². The molecule has 0 aliphatic carbocycles. The monoisotopic (exact) mass is 858 g/mol. The Labute approximate surface area is 360 Å². The fraction of sp³-hybridized carbons (Fsp3) is 0.872. The molecule has 14 nitrogen and oxygen atoms in total. The van der Waals surface area contributed by atoms with Gasteiger partial charge in [0, 0.05) is 38.5 Å². The van der Waals surface area contributed by atoms with Crippen molar-refractivity contribution in [2.75, 3.05) is 6.61 Å². The van der Waals surface area contributed by atoms with Crippen molar-refractivity contribution in [2.24, 2.45) is 17.8 Å². The van der Waals surface area contributed by atoms with Gasteiger partial charge in [-0.25, -0.2) is 0 Å². The molecule has 14 heteroatoms. The molecule has 9 heterocycles. The Bertz CT molecular complexity index is 1750. The lowest BCUT2D eigenvalue weighted by atomic mass is 9.87. The number of aliphatic hydroxyl groups is 3. The van der Waals surface area contributed by atoms with E-state index in [9.17, 15) is 24.9 Å². The second-order valence-electron chi connectivity index (χ2n) is 21.3. The first-order valence-electron chi connectivity index (χ1n) is 23.3. The van der Waals surface area contributed by atoms with Crippen LogP contribution in [0.2, 0.25) is 0 Å². The average Bonchev–Trinajstić information content (AvgIpc) is 4.02. The van der Waals surface area contributed by atoms with Crippen LogP contribution in [0, 0.1) is 17.8 Å². The molecule has 0 radical (unpaired) electrons. The Morgan fingerprint density at radius 2 is 1.54 bits per heavy atom. The number of Topliss-reactive ketones (excluding diaryl/α,β-unsaturated/α-hetero) is 1. The molecule has 9 aliphatic rings. The summed E-state index contributed by atoms with van der Waals surface area (Å²) in [6, 6.07) is 0.